The lowest BCUT2D eigenvalue weighted by atomic mass is 10.00. The Morgan fingerprint density at radius 3 is 2.69 bits per heavy atom. The molecule has 0 fully saturated rings. The molecule has 1 unspecified atom stereocenters. The van der Waals surface area contributed by atoms with Crippen LogP contribution in [0.25, 0.3) is 0 Å². The van der Waals surface area contributed by atoms with Gasteiger partial charge in [-0.2, -0.15) is 0 Å². The lowest BCUT2D eigenvalue weighted by molar-refractivity contribution is -0.141. The first kappa shape index (κ1) is 13.0. The summed E-state index contributed by atoms with van der Waals surface area (Å²) in [5.74, 6) is -0.392. The molecule has 0 saturated carbocycles. The van der Waals surface area contributed by atoms with Crippen molar-refractivity contribution in [2.24, 2.45) is 5.92 Å². The topological polar surface area (TPSA) is 46.5 Å². The molecule has 1 aromatic rings. The number of halogens is 1. The minimum atomic E-state index is -0.782. The fraction of sp³-hybridized carbons (Fsp3) is 0.417. The van der Waals surface area contributed by atoms with Crippen LogP contribution in [0.15, 0.2) is 16.6 Å². The van der Waals surface area contributed by atoms with Crippen LogP contribution in [0.3, 0.4) is 0 Å². The van der Waals surface area contributed by atoms with Gasteiger partial charge in [0.2, 0.25) is 0 Å². The molecule has 0 spiro atoms. The highest BCUT2D eigenvalue weighted by Crippen LogP contribution is 2.28. The van der Waals surface area contributed by atoms with E-state index < -0.39 is 5.97 Å². The first-order valence-electron chi connectivity index (χ1n) is 5.01. The van der Waals surface area contributed by atoms with Crippen molar-refractivity contribution < 1.29 is 14.6 Å². The van der Waals surface area contributed by atoms with Crippen molar-refractivity contribution in [3.63, 3.8) is 0 Å². The van der Waals surface area contributed by atoms with E-state index in [1.54, 1.807) is 14.0 Å². The third-order valence-electron chi connectivity index (χ3n) is 2.54. The van der Waals surface area contributed by atoms with Gasteiger partial charge >= 0.3 is 5.97 Å². The van der Waals surface area contributed by atoms with Gasteiger partial charge in [-0.05, 0) is 31.0 Å². The second-order valence-corrected chi connectivity index (χ2v) is 4.70. The zero-order valence-corrected chi connectivity index (χ0v) is 11.2. The monoisotopic (exact) mass is 286 g/mol. The van der Waals surface area contributed by atoms with E-state index in [1.807, 2.05) is 19.1 Å². The number of ether oxygens (including phenoxy) is 1. The number of carboxylic acid groups (broad SMARTS) is 1. The first-order chi connectivity index (χ1) is 7.45. The molecule has 88 valence electrons. The molecule has 0 heterocycles. The molecule has 0 saturated heterocycles. The molecule has 0 amide bonds. The van der Waals surface area contributed by atoms with Gasteiger partial charge in [-0.15, -0.1) is 0 Å². The number of rotatable bonds is 4. The second kappa shape index (κ2) is 5.34. The Labute approximate surface area is 104 Å². The van der Waals surface area contributed by atoms with Crippen LogP contribution in [-0.4, -0.2) is 18.2 Å². The summed E-state index contributed by atoms with van der Waals surface area (Å²) in [6.45, 7) is 3.65. The molecule has 1 atom stereocenters. The molecule has 1 aromatic carbocycles. The van der Waals surface area contributed by atoms with Crippen LogP contribution in [0, 0.1) is 12.8 Å². The summed E-state index contributed by atoms with van der Waals surface area (Å²) < 4.78 is 6.18. The van der Waals surface area contributed by atoms with Gasteiger partial charge in [0.15, 0.2) is 0 Å². The van der Waals surface area contributed by atoms with Crippen molar-refractivity contribution in [2.45, 2.75) is 20.3 Å². The van der Waals surface area contributed by atoms with Crippen molar-refractivity contribution in [2.75, 3.05) is 7.11 Å². The number of methoxy groups -OCH3 is 1. The molecule has 3 nitrogen and oxygen atoms in total. The van der Waals surface area contributed by atoms with E-state index in [9.17, 15) is 4.79 Å². The molecule has 1 N–H and O–H groups in total. The van der Waals surface area contributed by atoms with Crippen molar-refractivity contribution in [3.05, 3.63) is 27.7 Å². The fourth-order valence-electron chi connectivity index (χ4n) is 1.48. The molecule has 0 aromatic heterocycles. The molecule has 0 bridgehead atoms. The molecular formula is C12H15BrO3. The maximum atomic E-state index is 10.8. The summed E-state index contributed by atoms with van der Waals surface area (Å²) in [6, 6.07) is 3.83. The fourth-order valence-corrected chi connectivity index (χ4v) is 1.97. The minimum absolute atomic E-state index is 0.390. The van der Waals surface area contributed by atoms with Crippen molar-refractivity contribution in [3.8, 4) is 5.75 Å². The Kier molecular flexibility index (Phi) is 4.35. The lowest BCUT2D eigenvalue weighted by Gasteiger charge is -2.11. The maximum Gasteiger partial charge on any atom is 0.306 e. The third kappa shape index (κ3) is 2.98. The number of hydrogen-bond donors (Lipinski definition) is 1. The van der Waals surface area contributed by atoms with Crippen LogP contribution in [0.4, 0.5) is 0 Å². The van der Waals surface area contributed by atoms with Crippen LogP contribution >= 0.6 is 15.9 Å². The highest BCUT2D eigenvalue weighted by molar-refractivity contribution is 9.10. The van der Waals surface area contributed by atoms with Gasteiger partial charge in [0.25, 0.3) is 0 Å². The standard InChI is InChI=1S/C12H15BrO3/c1-7(12(14)15)4-9-5-10(13)8(2)11(6-9)16-3/h5-7H,4H2,1-3H3,(H,14,15). The van der Waals surface area contributed by atoms with Crippen molar-refractivity contribution in [1.82, 2.24) is 0 Å². The predicted octanol–water partition coefficient (Wildman–Crippen LogP) is 3.03. The van der Waals surface area contributed by atoms with Gasteiger partial charge in [0.1, 0.15) is 5.75 Å². The average Bonchev–Trinajstić information content (AvgIpc) is 2.22. The first-order valence-corrected chi connectivity index (χ1v) is 5.80. The van der Waals surface area contributed by atoms with Gasteiger partial charge < -0.3 is 9.84 Å². The van der Waals surface area contributed by atoms with Gasteiger partial charge in [-0.3, -0.25) is 4.79 Å². The number of benzene rings is 1. The smallest absolute Gasteiger partial charge is 0.306 e. The molecular weight excluding hydrogens is 272 g/mol. The normalized spacial score (nSPS) is 12.2. The summed E-state index contributed by atoms with van der Waals surface area (Å²) in [7, 11) is 1.61. The molecule has 0 radical (unpaired) electrons. The third-order valence-corrected chi connectivity index (χ3v) is 3.36. The lowest BCUT2D eigenvalue weighted by Crippen LogP contribution is -2.12. The molecule has 16 heavy (non-hydrogen) atoms. The Morgan fingerprint density at radius 1 is 1.56 bits per heavy atom. The van der Waals surface area contributed by atoms with E-state index >= 15 is 0 Å². The van der Waals surface area contributed by atoms with Crippen LogP contribution in [-0.2, 0) is 11.2 Å². The van der Waals surface area contributed by atoms with Gasteiger partial charge in [-0.25, -0.2) is 0 Å². The molecule has 4 heteroatoms. The van der Waals surface area contributed by atoms with E-state index in [-0.39, 0.29) is 5.92 Å². The summed E-state index contributed by atoms with van der Waals surface area (Å²) >= 11 is 3.44. The van der Waals surface area contributed by atoms with Crippen LogP contribution in [0.5, 0.6) is 5.75 Å². The highest BCUT2D eigenvalue weighted by atomic mass is 79.9. The van der Waals surface area contributed by atoms with E-state index in [0.29, 0.717) is 6.42 Å². The SMILES string of the molecule is COc1cc(CC(C)C(=O)O)cc(Br)c1C. The van der Waals surface area contributed by atoms with Gasteiger partial charge in [-0.1, -0.05) is 22.9 Å². The summed E-state index contributed by atoms with van der Waals surface area (Å²) in [5, 5.41) is 8.85. The molecule has 0 aliphatic carbocycles. The minimum Gasteiger partial charge on any atom is -0.496 e. The maximum absolute atomic E-state index is 10.8. The number of hydrogen-bond acceptors (Lipinski definition) is 2. The quantitative estimate of drug-likeness (QED) is 0.926. The van der Waals surface area contributed by atoms with Crippen molar-refractivity contribution in [1.29, 1.82) is 0 Å². The van der Waals surface area contributed by atoms with Crippen LogP contribution in [0.1, 0.15) is 18.1 Å². The van der Waals surface area contributed by atoms with E-state index in [0.717, 1.165) is 21.3 Å². The van der Waals surface area contributed by atoms with Crippen LogP contribution in [0.2, 0.25) is 0 Å². The predicted molar refractivity (Wildman–Crippen MR) is 65.9 cm³/mol. The molecule has 1 rings (SSSR count). The average molecular weight is 287 g/mol. The van der Waals surface area contributed by atoms with Crippen LogP contribution < -0.4 is 4.74 Å². The van der Waals surface area contributed by atoms with Crippen molar-refractivity contribution >= 4 is 21.9 Å². The number of carbonyl (C=O) groups is 1. The van der Waals surface area contributed by atoms with Gasteiger partial charge in [0.05, 0.1) is 13.0 Å². The Morgan fingerprint density at radius 2 is 2.19 bits per heavy atom. The highest BCUT2D eigenvalue weighted by Gasteiger charge is 2.13. The van der Waals surface area contributed by atoms with E-state index in [1.165, 1.54) is 0 Å². The zero-order valence-electron chi connectivity index (χ0n) is 9.58. The summed E-state index contributed by atoms with van der Waals surface area (Å²) in [6.07, 6.45) is 0.505. The number of carboxylic acids is 1. The summed E-state index contributed by atoms with van der Waals surface area (Å²) in [4.78, 5) is 10.8. The number of aliphatic carboxylic acids is 1. The molecule has 0 aliphatic heterocycles. The largest absolute Gasteiger partial charge is 0.496 e. The molecule has 0 aliphatic rings. The van der Waals surface area contributed by atoms with E-state index in [2.05, 4.69) is 15.9 Å². The Hall–Kier alpha value is -1.03. The summed E-state index contributed by atoms with van der Waals surface area (Å²) in [5.41, 5.74) is 1.98. The zero-order chi connectivity index (χ0) is 12.3. The van der Waals surface area contributed by atoms with E-state index in [4.69, 9.17) is 9.84 Å². The Balaban J connectivity index is 2.98. The Bertz CT molecular complexity index is 401. The van der Waals surface area contributed by atoms with Gasteiger partial charge in [0, 0.05) is 10.0 Å². The second-order valence-electron chi connectivity index (χ2n) is 3.85.